The largest absolute Gasteiger partial charge is 0.360 e. The van der Waals surface area contributed by atoms with E-state index in [9.17, 15) is 4.79 Å². The molecule has 2 nitrogen and oxygen atoms in total. The van der Waals surface area contributed by atoms with E-state index in [1.807, 2.05) is 37.3 Å². The summed E-state index contributed by atoms with van der Waals surface area (Å²) in [7, 11) is 0. The van der Waals surface area contributed by atoms with E-state index in [0.717, 1.165) is 20.9 Å². The minimum Gasteiger partial charge on any atom is -0.360 e. The molecule has 0 radical (unpaired) electrons. The van der Waals surface area contributed by atoms with Crippen LogP contribution in [-0.4, -0.2) is 10.8 Å². The van der Waals surface area contributed by atoms with Gasteiger partial charge in [-0.05, 0) is 46.6 Å². The maximum Gasteiger partial charge on any atom is 0.196 e. The van der Waals surface area contributed by atoms with Crippen LogP contribution in [0.15, 0.2) is 47.1 Å². The number of aryl methyl sites for hydroxylation is 1. The molecule has 0 aliphatic carbocycles. The zero-order valence-corrected chi connectivity index (χ0v) is 13.0. The number of nitrogens with one attached hydrogen (secondary N) is 1. The number of hydrogen-bond acceptors (Lipinski definition) is 1. The quantitative estimate of drug-likeness (QED) is 0.640. The summed E-state index contributed by atoms with van der Waals surface area (Å²) in [5, 5.41) is 1.40. The number of rotatable bonds is 2. The predicted octanol–water partition coefficient (Wildman–Crippen LogP) is 5.12. The summed E-state index contributed by atoms with van der Waals surface area (Å²) < 4.78 is 0.724. The first-order valence-corrected chi connectivity index (χ1v) is 7.32. The molecule has 20 heavy (non-hydrogen) atoms. The van der Waals surface area contributed by atoms with Crippen LogP contribution in [0.4, 0.5) is 0 Å². The molecule has 0 fully saturated rings. The van der Waals surface area contributed by atoms with E-state index >= 15 is 0 Å². The molecule has 4 heteroatoms. The van der Waals surface area contributed by atoms with Crippen LogP contribution >= 0.6 is 27.5 Å². The molecule has 1 heterocycles. The summed E-state index contributed by atoms with van der Waals surface area (Å²) in [5.74, 6) is -0.0724. The van der Waals surface area contributed by atoms with Gasteiger partial charge in [-0.3, -0.25) is 4.79 Å². The van der Waals surface area contributed by atoms with Crippen molar-refractivity contribution in [3.8, 4) is 0 Å². The van der Waals surface area contributed by atoms with Gasteiger partial charge >= 0.3 is 0 Å². The zero-order valence-electron chi connectivity index (χ0n) is 10.7. The molecule has 0 spiro atoms. The number of ketones is 1. The predicted molar refractivity (Wildman–Crippen MR) is 85.6 cm³/mol. The second kappa shape index (κ2) is 5.08. The van der Waals surface area contributed by atoms with Gasteiger partial charge in [0.25, 0.3) is 0 Å². The highest BCUT2D eigenvalue weighted by Gasteiger charge is 2.18. The van der Waals surface area contributed by atoms with Gasteiger partial charge in [-0.2, -0.15) is 0 Å². The number of carbonyl (C=O) groups is 1. The highest BCUT2D eigenvalue weighted by Crippen LogP contribution is 2.30. The summed E-state index contributed by atoms with van der Waals surface area (Å²) in [6.07, 6.45) is 1.75. The highest BCUT2D eigenvalue weighted by atomic mass is 79.9. The van der Waals surface area contributed by atoms with Crippen LogP contribution in [0, 0.1) is 6.92 Å². The second-order valence-corrected chi connectivity index (χ2v) is 5.86. The molecule has 3 aromatic rings. The SMILES string of the molecule is Cc1cccc2[nH]cc(C(=O)c3cccc(Br)c3Cl)c12. The lowest BCUT2D eigenvalue weighted by atomic mass is 10.00. The number of H-pyrrole nitrogens is 1. The molecule has 0 saturated heterocycles. The third kappa shape index (κ3) is 2.07. The van der Waals surface area contributed by atoms with E-state index in [-0.39, 0.29) is 5.78 Å². The van der Waals surface area contributed by atoms with Crippen molar-refractivity contribution in [2.24, 2.45) is 0 Å². The maximum absolute atomic E-state index is 12.7. The molecule has 1 aromatic heterocycles. The van der Waals surface area contributed by atoms with Crippen molar-refractivity contribution in [3.05, 3.63) is 68.8 Å². The molecule has 0 atom stereocenters. The van der Waals surface area contributed by atoms with Gasteiger partial charge < -0.3 is 4.98 Å². The van der Waals surface area contributed by atoms with E-state index in [4.69, 9.17) is 11.6 Å². The van der Waals surface area contributed by atoms with Crippen LogP contribution in [-0.2, 0) is 0 Å². The van der Waals surface area contributed by atoms with Crippen LogP contribution in [0.25, 0.3) is 10.9 Å². The molecule has 0 unspecified atom stereocenters. The Morgan fingerprint density at radius 3 is 2.70 bits per heavy atom. The monoisotopic (exact) mass is 347 g/mol. The fraction of sp³-hybridized carbons (Fsp3) is 0.0625. The first-order chi connectivity index (χ1) is 9.59. The maximum atomic E-state index is 12.7. The summed E-state index contributed by atoms with van der Waals surface area (Å²) in [5.41, 5.74) is 3.18. The van der Waals surface area contributed by atoms with Crippen molar-refractivity contribution in [1.29, 1.82) is 0 Å². The first-order valence-electron chi connectivity index (χ1n) is 6.15. The number of carbonyl (C=O) groups excluding carboxylic acids is 1. The lowest BCUT2D eigenvalue weighted by Crippen LogP contribution is -2.02. The minimum absolute atomic E-state index is 0.0724. The molecule has 0 bridgehead atoms. The number of halogens is 2. The van der Waals surface area contributed by atoms with Gasteiger partial charge in [-0.15, -0.1) is 0 Å². The Labute approximate surface area is 129 Å². The first kappa shape index (κ1) is 13.4. The number of aromatic amines is 1. The smallest absolute Gasteiger partial charge is 0.196 e. The fourth-order valence-electron chi connectivity index (χ4n) is 2.37. The normalized spacial score (nSPS) is 10.9. The Balaban J connectivity index is 2.21. The van der Waals surface area contributed by atoms with Crippen LogP contribution in [0.1, 0.15) is 21.5 Å². The minimum atomic E-state index is -0.0724. The Morgan fingerprint density at radius 2 is 1.90 bits per heavy atom. The van der Waals surface area contributed by atoms with Gasteiger partial charge in [0.15, 0.2) is 5.78 Å². The van der Waals surface area contributed by atoms with E-state index in [1.165, 1.54) is 0 Å². The van der Waals surface area contributed by atoms with Crippen molar-refractivity contribution in [2.75, 3.05) is 0 Å². The van der Waals surface area contributed by atoms with E-state index in [0.29, 0.717) is 16.1 Å². The topological polar surface area (TPSA) is 32.9 Å². The Kier molecular flexibility index (Phi) is 3.40. The standard InChI is InChI=1S/C16H11BrClNO/c1-9-4-2-7-13-14(9)11(8-19-13)16(20)10-5-3-6-12(17)15(10)18/h2-8,19H,1H3. The van der Waals surface area contributed by atoms with Crippen molar-refractivity contribution < 1.29 is 4.79 Å². The number of fused-ring (bicyclic) bond motifs is 1. The van der Waals surface area contributed by atoms with Crippen molar-refractivity contribution in [2.45, 2.75) is 6.92 Å². The summed E-state index contributed by atoms with van der Waals surface area (Å²) in [4.78, 5) is 15.9. The molecule has 0 saturated carbocycles. The molecule has 100 valence electrons. The Bertz CT molecular complexity index is 822. The Hall–Kier alpha value is -1.58. The molecule has 3 rings (SSSR count). The zero-order chi connectivity index (χ0) is 14.3. The van der Waals surface area contributed by atoms with E-state index in [1.54, 1.807) is 12.3 Å². The van der Waals surface area contributed by atoms with E-state index in [2.05, 4.69) is 20.9 Å². The molecule has 0 amide bonds. The lowest BCUT2D eigenvalue weighted by molar-refractivity contribution is 0.104. The molecular weight excluding hydrogens is 338 g/mol. The van der Waals surface area contributed by atoms with Crippen LogP contribution in [0.5, 0.6) is 0 Å². The van der Waals surface area contributed by atoms with Gasteiger partial charge in [-0.25, -0.2) is 0 Å². The molecule has 2 aromatic carbocycles. The average Bonchev–Trinajstić information content (AvgIpc) is 2.86. The summed E-state index contributed by atoms with van der Waals surface area (Å²) >= 11 is 9.57. The number of aromatic nitrogens is 1. The molecule has 0 aliphatic rings. The van der Waals surface area contributed by atoms with E-state index < -0.39 is 0 Å². The van der Waals surface area contributed by atoms with Crippen LogP contribution < -0.4 is 0 Å². The van der Waals surface area contributed by atoms with Gasteiger partial charge in [0, 0.05) is 32.7 Å². The van der Waals surface area contributed by atoms with Crippen molar-refractivity contribution >= 4 is 44.2 Å². The lowest BCUT2D eigenvalue weighted by Gasteiger charge is -2.05. The van der Waals surface area contributed by atoms with Crippen LogP contribution in [0.2, 0.25) is 5.02 Å². The highest BCUT2D eigenvalue weighted by molar-refractivity contribution is 9.10. The third-order valence-electron chi connectivity index (χ3n) is 3.35. The molecule has 0 aliphatic heterocycles. The van der Waals surface area contributed by atoms with Gasteiger partial charge in [0.2, 0.25) is 0 Å². The average molecular weight is 349 g/mol. The fourth-order valence-corrected chi connectivity index (χ4v) is 2.95. The summed E-state index contributed by atoms with van der Waals surface area (Å²) in [6, 6.07) is 11.3. The molecule has 1 N–H and O–H groups in total. The van der Waals surface area contributed by atoms with Crippen molar-refractivity contribution in [3.63, 3.8) is 0 Å². The van der Waals surface area contributed by atoms with Gasteiger partial charge in [0.1, 0.15) is 0 Å². The van der Waals surface area contributed by atoms with Gasteiger partial charge in [0.05, 0.1) is 5.02 Å². The summed E-state index contributed by atoms with van der Waals surface area (Å²) in [6.45, 7) is 2.00. The number of hydrogen-bond donors (Lipinski definition) is 1. The third-order valence-corrected chi connectivity index (χ3v) is 4.65. The Morgan fingerprint density at radius 1 is 1.15 bits per heavy atom. The van der Waals surface area contributed by atoms with Crippen molar-refractivity contribution in [1.82, 2.24) is 4.98 Å². The van der Waals surface area contributed by atoms with Gasteiger partial charge in [-0.1, -0.05) is 29.8 Å². The van der Waals surface area contributed by atoms with Crippen LogP contribution in [0.3, 0.4) is 0 Å². The number of benzene rings is 2. The molecular formula is C16H11BrClNO. The second-order valence-electron chi connectivity index (χ2n) is 4.63.